The van der Waals surface area contributed by atoms with Gasteiger partial charge in [-0.25, -0.2) is 0 Å². The first-order chi connectivity index (χ1) is 5.22. The van der Waals surface area contributed by atoms with Crippen LogP contribution in [0.2, 0.25) is 0 Å². The highest BCUT2D eigenvalue weighted by Gasteiger charge is 1.96. The van der Waals surface area contributed by atoms with Gasteiger partial charge in [0.25, 0.3) is 0 Å². The van der Waals surface area contributed by atoms with Crippen molar-refractivity contribution in [3.63, 3.8) is 0 Å². The van der Waals surface area contributed by atoms with Gasteiger partial charge >= 0.3 is 0 Å². The number of nitrogens with one attached hydrogen (secondary N) is 1. The van der Waals surface area contributed by atoms with Crippen LogP contribution < -0.4 is 16.8 Å². The molecular formula is C6H11N5. The summed E-state index contributed by atoms with van der Waals surface area (Å²) in [6, 6.07) is 1.64. The highest BCUT2D eigenvalue weighted by Crippen LogP contribution is 2.07. The van der Waals surface area contributed by atoms with Crippen molar-refractivity contribution in [1.82, 2.24) is 9.97 Å². The van der Waals surface area contributed by atoms with Crippen LogP contribution in [0.3, 0.4) is 0 Å². The normalized spacial score (nSPS) is 9.55. The highest BCUT2D eigenvalue weighted by atomic mass is 15.1. The molecule has 5 heteroatoms. The summed E-state index contributed by atoms with van der Waals surface area (Å²) in [4.78, 5) is 7.62. The molecule has 5 N–H and O–H groups in total. The molecule has 1 aromatic rings. The van der Waals surface area contributed by atoms with Crippen molar-refractivity contribution in [3.05, 3.63) is 6.07 Å². The summed E-state index contributed by atoms with van der Waals surface area (Å²) < 4.78 is 0. The number of hydrogen-bond acceptors (Lipinski definition) is 5. The largest absolute Gasteiger partial charge is 0.383 e. The Bertz CT molecular complexity index is 226. The van der Waals surface area contributed by atoms with E-state index in [9.17, 15) is 0 Å². The minimum Gasteiger partial charge on any atom is -0.383 e. The van der Waals surface area contributed by atoms with E-state index < -0.39 is 0 Å². The maximum Gasteiger partial charge on any atom is 0.223 e. The van der Waals surface area contributed by atoms with E-state index in [1.165, 1.54) is 0 Å². The number of rotatable bonds is 2. The summed E-state index contributed by atoms with van der Waals surface area (Å²) in [5.41, 5.74) is 10.8. The van der Waals surface area contributed by atoms with Crippen LogP contribution in [0, 0.1) is 0 Å². The van der Waals surface area contributed by atoms with Crippen LogP contribution in [0.5, 0.6) is 0 Å². The molecule has 0 saturated heterocycles. The Balaban J connectivity index is 2.89. The summed E-state index contributed by atoms with van der Waals surface area (Å²) >= 11 is 0. The summed E-state index contributed by atoms with van der Waals surface area (Å²) in [7, 11) is 0. The predicted octanol–water partition coefficient (Wildman–Crippen LogP) is 0.0728. The van der Waals surface area contributed by atoms with Crippen LogP contribution in [-0.4, -0.2) is 16.5 Å². The number of aromatic nitrogens is 2. The summed E-state index contributed by atoms with van der Waals surface area (Å²) in [5, 5.41) is 2.98. The molecule has 0 fully saturated rings. The van der Waals surface area contributed by atoms with Gasteiger partial charge in [0.05, 0.1) is 0 Å². The van der Waals surface area contributed by atoms with Gasteiger partial charge in [-0.2, -0.15) is 9.97 Å². The second-order valence-electron chi connectivity index (χ2n) is 2.07. The minimum absolute atomic E-state index is 0.195. The lowest BCUT2D eigenvalue weighted by molar-refractivity contribution is 1.13. The zero-order valence-corrected chi connectivity index (χ0v) is 6.33. The van der Waals surface area contributed by atoms with Crippen LogP contribution >= 0.6 is 0 Å². The first-order valence-electron chi connectivity index (χ1n) is 3.36. The average molecular weight is 153 g/mol. The van der Waals surface area contributed by atoms with Gasteiger partial charge in [0.2, 0.25) is 5.95 Å². The Morgan fingerprint density at radius 1 is 1.45 bits per heavy atom. The minimum atomic E-state index is 0.195. The van der Waals surface area contributed by atoms with Gasteiger partial charge < -0.3 is 16.8 Å². The number of nitrogens with zero attached hydrogens (tertiary/aromatic N) is 2. The van der Waals surface area contributed by atoms with Gasteiger partial charge in [0, 0.05) is 12.6 Å². The smallest absolute Gasteiger partial charge is 0.223 e. The first kappa shape index (κ1) is 7.59. The van der Waals surface area contributed by atoms with Gasteiger partial charge in [0.1, 0.15) is 11.6 Å². The monoisotopic (exact) mass is 153 g/mol. The molecular weight excluding hydrogens is 142 g/mol. The number of hydrogen-bond donors (Lipinski definition) is 3. The molecule has 1 aromatic heterocycles. The molecule has 1 rings (SSSR count). The first-order valence-corrected chi connectivity index (χ1v) is 3.36. The maximum absolute atomic E-state index is 5.42. The van der Waals surface area contributed by atoms with Crippen LogP contribution in [-0.2, 0) is 0 Å². The third-order valence-corrected chi connectivity index (χ3v) is 1.12. The number of anilines is 3. The number of nitrogens with two attached hydrogens (primary N) is 2. The molecule has 0 saturated carbocycles. The second-order valence-corrected chi connectivity index (χ2v) is 2.07. The van der Waals surface area contributed by atoms with Crippen LogP contribution in [0.1, 0.15) is 6.92 Å². The Labute approximate surface area is 64.8 Å². The van der Waals surface area contributed by atoms with E-state index >= 15 is 0 Å². The lowest BCUT2D eigenvalue weighted by Gasteiger charge is -2.02. The molecule has 0 bridgehead atoms. The Morgan fingerprint density at radius 2 is 2.18 bits per heavy atom. The molecule has 0 spiro atoms. The third kappa shape index (κ3) is 1.96. The van der Waals surface area contributed by atoms with Crippen molar-refractivity contribution in [2.24, 2.45) is 0 Å². The lowest BCUT2D eigenvalue weighted by Crippen LogP contribution is -2.05. The molecule has 5 nitrogen and oxygen atoms in total. The van der Waals surface area contributed by atoms with Gasteiger partial charge in [0.15, 0.2) is 0 Å². The van der Waals surface area contributed by atoms with E-state index in [0.29, 0.717) is 11.6 Å². The van der Waals surface area contributed by atoms with Gasteiger partial charge in [-0.3, -0.25) is 0 Å². The van der Waals surface area contributed by atoms with Crippen molar-refractivity contribution in [3.8, 4) is 0 Å². The van der Waals surface area contributed by atoms with E-state index in [0.717, 1.165) is 6.54 Å². The topological polar surface area (TPSA) is 89.8 Å². The molecule has 0 atom stereocenters. The molecule has 0 aromatic carbocycles. The van der Waals surface area contributed by atoms with E-state index in [4.69, 9.17) is 11.5 Å². The molecule has 60 valence electrons. The van der Waals surface area contributed by atoms with E-state index in [1.807, 2.05) is 6.92 Å². The van der Waals surface area contributed by atoms with Gasteiger partial charge in [-0.1, -0.05) is 0 Å². The summed E-state index contributed by atoms with van der Waals surface area (Å²) in [5.74, 6) is 1.24. The highest BCUT2D eigenvalue weighted by molar-refractivity contribution is 5.48. The van der Waals surface area contributed by atoms with E-state index in [1.54, 1.807) is 6.07 Å². The second kappa shape index (κ2) is 3.05. The van der Waals surface area contributed by atoms with Crippen molar-refractivity contribution in [1.29, 1.82) is 0 Å². The molecule has 0 amide bonds. The van der Waals surface area contributed by atoms with Crippen molar-refractivity contribution >= 4 is 17.6 Å². The number of nitrogen functional groups attached to an aromatic ring is 2. The fraction of sp³-hybridized carbons (Fsp3) is 0.333. The van der Waals surface area contributed by atoms with Crippen molar-refractivity contribution in [2.45, 2.75) is 6.92 Å². The van der Waals surface area contributed by atoms with Crippen molar-refractivity contribution in [2.75, 3.05) is 23.3 Å². The fourth-order valence-corrected chi connectivity index (χ4v) is 0.757. The molecule has 1 heterocycles. The Morgan fingerprint density at radius 3 is 2.73 bits per heavy atom. The summed E-state index contributed by atoms with van der Waals surface area (Å²) in [6.07, 6.45) is 0. The lowest BCUT2D eigenvalue weighted by atomic mass is 10.5. The van der Waals surface area contributed by atoms with E-state index in [-0.39, 0.29) is 5.95 Å². The molecule has 0 aliphatic carbocycles. The molecule has 11 heavy (non-hydrogen) atoms. The predicted molar refractivity (Wildman–Crippen MR) is 45.0 cm³/mol. The van der Waals surface area contributed by atoms with Crippen LogP contribution in [0.15, 0.2) is 6.07 Å². The SMILES string of the molecule is CCNc1cc(N)nc(N)n1. The maximum atomic E-state index is 5.42. The van der Waals surface area contributed by atoms with Gasteiger partial charge in [-0.05, 0) is 6.92 Å². The van der Waals surface area contributed by atoms with Crippen LogP contribution in [0.25, 0.3) is 0 Å². The third-order valence-electron chi connectivity index (χ3n) is 1.12. The average Bonchev–Trinajstić information content (AvgIpc) is 1.85. The fourth-order valence-electron chi connectivity index (χ4n) is 0.757. The molecule has 0 aliphatic rings. The van der Waals surface area contributed by atoms with E-state index in [2.05, 4.69) is 15.3 Å². The zero-order chi connectivity index (χ0) is 8.27. The molecule has 0 radical (unpaired) electrons. The van der Waals surface area contributed by atoms with Crippen LogP contribution in [0.4, 0.5) is 17.6 Å². The molecule has 0 unspecified atom stereocenters. The zero-order valence-electron chi connectivity index (χ0n) is 6.33. The Kier molecular flexibility index (Phi) is 2.10. The summed E-state index contributed by atoms with van der Waals surface area (Å²) in [6.45, 7) is 2.75. The quantitative estimate of drug-likeness (QED) is 0.559. The Hall–Kier alpha value is -1.52. The van der Waals surface area contributed by atoms with Crippen molar-refractivity contribution < 1.29 is 0 Å². The molecule has 0 aliphatic heterocycles. The standard InChI is InChI=1S/C6H11N5/c1-2-9-5-3-4(7)10-6(8)11-5/h3H,2H2,1H3,(H5,7,8,9,10,11). The van der Waals surface area contributed by atoms with Gasteiger partial charge in [-0.15, -0.1) is 0 Å².